The number of methoxy groups -OCH3 is 1. The topological polar surface area (TPSA) is 87.6 Å². The lowest BCUT2D eigenvalue weighted by atomic mass is 10.1. The van der Waals surface area contributed by atoms with Crippen LogP contribution in [0, 0.1) is 5.92 Å². The van der Waals surface area contributed by atoms with Crippen molar-refractivity contribution in [2.75, 3.05) is 13.7 Å². The van der Waals surface area contributed by atoms with Crippen LogP contribution in [0.4, 0.5) is 4.79 Å². The highest BCUT2D eigenvalue weighted by atomic mass is 16.5. The Kier molecular flexibility index (Phi) is 3.50. The maximum atomic E-state index is 10.4. The van der Waals surface area contributed by atoms with Crippen molar-refractivity contribution in [1.29, 1.82) is 0 Å². The molecule has 5 nitrogen and oxygen atoms in total. The molecule has 0 bridgehead atoms. The molecule has 0 saturated heterocycles. The normalized spacial score (nSPS) is 33.2. The number of carbonyl (C=O) groups is 1. The first-order valence-corrected chi connectivity index (χ1v) is 4.34. The average molecular weight is 188 g/mol. The Bertz CT molecular complexity index is 186. The molecular weight excluding hydrogens is 172 g/mol. The van der Waals surface area contributed by atoms with Gasteiger partial charge in [0.05, 0.1) is 12.7 Å². The zero-order valence-corrected chi connectivity index (χ0v) is 7.73. The number of primary amides is 1. The van der Waals surface area contributed by atoms with Crippen molar-refractivity contribution in [3.63, 3.8) is 0 Å². The standard InChI is InChI=1S/C8H16N2O3/c1-12-7-3-6(9)2-5(7)4-13-8(10)11/h5-7H,2-4,9H2,1H3,(H2,10,11)/t5-,6+,7+/m0/s1. The van der Waals surface area contributed by atoms with Gasteiger partial charge in [-0.25, -0.2) is 4.79 Å². The van der Waals surface area contributed by atoms with Crippen LogP contribution in [0.1, 0.15) is 12.8 Å². The monoisotopic (exact) mass is 188 g/mol. The quantitative estimate of drug-likeness (QED) is 0.644. The van der Waals surface area contributed by atoms with Crippen LogP contribution >= 0.6 is 0 Å². The minimum Gasteiger partial charge on any atom is -0.449 e. The van der Waals surface area contributed by atoms with Crippen molar-refractivity contribution >= 4 is 6.09 Å². The number of carbonyl (C=O) groups excluding carboxylic acids is 1. The highest BCUT2D eigenvalue weighted by Crippen LogP contribution is 2.27. The average Bonchev–Trinajstić information content (AvgIpc) is 2.42. The van der Waals surface area contributed by atoms with E-state index in [1.54, 1.807) is 7.11 Å². The molecule has 76 valence electrons. The molecule has 0 radical (unpaired) electrons. The van der Waals surface area contributed by atoms with Crippen LogP contribution in [0.3, 0.4) is 0 Å². The first-order valence-electron chi connectivity index (χ1n) is 4.34. The summed E-state index contributed by atoms with van der Waals surface area (Å²) in [6.07, 6.45) is 0.999. The van der Waals surface area contributed by atoms with Crippen molar-refractivity contribution in [2.24, 2.45) is 17.4 Å². The molecule has 1 rings (SSSR count). The molecule has 0 spiro atoms. The molecule has 0 heterocycles. The summed E-state index contributed by atoms with van der Waals surface area (Å²) in [7, 11) is 1.64. The van der Waals surface area contributed by atoms with Crippen molar-refractivity contribution < 1.29 is 14.3 Å². The number of nitrogens with two attached hydrogens (primary N) is 2. The molecule has 1 aliphatic carbocycles. The van der Waals surface area contributed by atoms with E-state index in [2.05, 4.69) is 0 Å². The molecule has 3 atom stereocenters. The lowest BCUT2D eigenvalue weighted by Crippen LogP contribution is -2.24. The Morgan fingerprint density at radius 3 is 2.77 bits per heavy atom. The van der Waals surface area contributed by atoms with Crippen molar-refractivity contribution in [3.05, 3.63) is 0 Å². The summed E-state index contributed by atoms with van der Waals surface area (Å²) in [6, 6.07) is 0.145. The second kappa shape index (κ2) is 4.43. The van der Waals surface area contributed by atoms with E-state index in [1.165, 1.54) is 0 Å². The third-order valence-corrected chi connectivity index (χ3v) is 2.41. The lowest BCUT2D eigenvalue weighted by molar-refractivity contribution is 0.0395. The molecule has 13 heavy (non-hydrogen) atoms. The largest absolute Gasteiger partial charge is 0.449 e. The van der Waals surface area contributed by atoms with Crippen LogP contribution in [0.5, 0.6) is 0 Å². The molecule has 0 aromatic heterocycles. The van der Waals surface area contributed by atoms with E-state index in [1.807, 2.05) is 0 Å². The predicted molar refractivity (Wildman–Crippen MR) is 47.0 cm³/mol. The fourth-order valence-electron chi connectivity index (χ4n) is 1.78. The summed E-state index contributed by atoms with van der Waals surface area (Å²) >= 11 is 0. The van der Waals surface area contributed by atoms with Crippen molar-refractivity contribution in [3.8, 4) is 0 Å². The zero-order chi connectivity index (χ0) is 9.84. The summed E-state index contributed by atoms with van der Waals surface area (Å²) in [5.74, 6) is 0.187. The fraction of sp³-hybridized carbons (Fsp3) is 0.875. The number of hydrogen-bond acceptors (Lipinski definition) is 4. The van der Waals surface area contributed by atoms with Crippen molar-refractivity contribution in [2.45, 2.75) is 25.0 Å². The van der Waals surface area contributed by atoms with E-state index in [9.17, 15) is 4.79 Å². The van der Waals surface area contributed by atoms with Gasteiger partial charge in [-0.1, -0.05) is 0 Å². The summed E-state index contributed by atoms with van der Waals surface area (Å²) in [6.45, 7) is 0.307. The molecular formula is C8H16N2O3. The van der Waals surface area contributed by atoms with E-state index in [0.29, 0.717) is 6.61 Å². The first kappa shape index (κ1) is 10.3. The van der Waals surface area contributed by atoms with Gasteiger partial charge < -0.3 is 20.9 Å². The van der Waals surface area contributed by atoms with Crippen LogP contribution in [0.25, 0.3) is 0 Å². The van der Waals surface area contributed by atoms with Gasteiger partial charge in [-0.3, -0.25) is 0 Å². The SMILES string of the molecule is CO[C@@H]1C[C@H](N)C[C@H]1COC(N)=O. The second-order valence-electron chi connectivity index (χ2n) is 3.40. The minimum absolute atomic E-state index is 0.0920. The highest BCUT2D eigenvalue weighted by Gasteiger charge is 2.33. The number of ether oxygens (including phenoxy) is 2. The van der Waals surface area contributed by atoms with Gasteiger partial charge in [-0.2, -0.15) is 0 Å². The smallest absolute Gasteiger partial charge is 0.404 e. The Balaban J connectivity index is 2.35. The van der Waals surface area contributed by atoms with Crippen LogP contribution < -0.4 is 11.5 Å². The van der Waals surface area contributed by atoms with Gasteiger partial charge >= 0.3 is 6.09 Å². The van der Waals surface area contributed by atoms with Gasteiger partial charge in [0.2, 0.25) is 0 Å². The summed E-state index contributed by atoms with van der Waals surface area (Å²) in [5, 5.41) is 0. The minimum atomic E-state index is -0.740. The van der Waals surface area contributed by atoms with E-state index >= 15 is 0 Å². The third kappa shape index (κ3) is 2.86. The maximum absolute atomic E-state index is 10.4. The molecule has 0 aliphatic heterocycles. The molecule has 0 aromatic carbocycles. The van der Waals surface area contributed by atoms with Gasteiger partial charge in [0.1, 0.15) is 0 Å². The second-order valence-corrected chi connectivity index (χ2v) is 3.40. The first-order chi connectivity index (χ1) is 6.13. The van der Waals surface area contributed by atoms with Crippen molar-refractivity contribution in [1.82, 2.24) is 0 Å². The molecule has 5 heteroatoms. The summed E-state index contributed by atoms with van der Waals surface area (Å²) in [5.41, 5.74) is 10.6. The van der Waals surface area contributed by atoms with Crippen LogP contribution in [0.2, 0.25) is 0 Å². The maximum Gasteiger partial charge on any atom is 0.404 e. The van der Waals surface area contributed by atoms with E-state index < -0.39 is 6.09 Å². The van der Waals surface area contributed by atoms with Crippen LogP contribution in [0.15, 0.2) is 0 Å². The molecule has 0 aromatic rings. The molecule has 1 aliphatic rings. The van der Waals surface area contributed by atoms with Gasteiger partial charge in [-0.05, 0) is 12.8 Å². The highest BCUT2D eigenvalue weighted by molar-refractivity contribution is 5.64. The van der Waals surface area contributed by atoms with Gasteiger partial charge in [0.15, 0.2) is 0 Å². The van der Waals surface area contributed by atoms with E-state index in [4.69, 9.17) is 20.9 Å². The summed E-state index contributed by atoms with van der Waals surface area (Å²) in [4.78, 5) is 10.4. The molecule has 1 fully saturated rings. The van der Waals surface area contributed by atoms with Gasteiger partial charge in [-0.15, -0.1) is 0 Å². The Labute approximate surface area is 77.4 Å². The third-order valence-electron chi connectivity index (χ3n) is 2.41. The number of rotatable bonds is 3. The number of amides is 1. The van der Waals surface area contributed by atoms with Gasteiger partial charge in [0.25, 0.3) is 0 Å². The number of hydrogen-bond donors (Lipinski definition) is 2. The molecule has 4 N–H and O–H groups in total. The Morgan fingerprint density at radius 2 is 2.23 bits per heavy atom. The Hall–Kier alpha value is -0.810. The molecule has 1 saturated carbocycles. The van der Waals surface area contributed by atoms with E-state index in [0.717, 1.165) is 12.8 Å². The zero-order valence-electron chi connectivity index (χ0n) is 7.73. The van der Waals surface area contributed by atoms with Gasteiger partial charge in [0, 0.05) is 19.1 Å². The predicted octanol–water partition coefficient (Wildman–Crippen LogP) is -0.166. The van der Waals surface area contributed by atoms with Crippen LogP contribution in [-0.2, 0) is 9.47 Å². The Morgan fingerprint density at radius 1 is 1.54 bits per heavy atom. The fourth-order valence-corrected chi connectivity index (χ4v) is 1.78. The van der Waals surface area contributed by atoms with Crippen LogP contribution in [-0.4, -0.2) is 32.0 Å². The van der Waals surface area contributed by atoms with E-state index in [-0.39, 0.29) is 18.1 Å². The summed E-state index contributed by atoms with van der Waals surface area (Å²) < 4.78 is 9.92. The molecule has 0 unspecified atom stereocenters. The lowest BCUT2D eigenvalue weighted by Gasteiger charge is -2.16. The molecule has 1 amide bonds.